The van der Waals surface area contributed by atoms with Gasteiger partial charge >= 0.3 is 0 Å². The fourth-order valence-electron chi connectivity index (χ4n) is 3.22. The standard InChI is InChI=1S/C17H24N6O2S/c1-17(2,24)21-10-15-13(23(11-21)22-3-5-25-6-4-22)7-14(26-15)12-8-19-16(18)20-9-12/h7-9,24H,3-6,10-11H2,1-2H3,(H2,18,19,20). The van der Waals surface area contributed by atoms with Gasteiger partial charge in [0.2, 0.25) is 5.95 Å². The van der Waals surface area contributed by atoms with Gasteiger partial charge in [0.05, 0.1) is 25.6 Å². The fourth-order valence-corrected chi connectivity index (χ4v) is 4.37. The highest BCUT2D eigenvalue weighted by atomic mass is 32.1. The second-order valence-electron chi connectivity index (χ2n) is 7.05. The number of nitrogens with zero attached hydrogens (tertiary/aromatic N) is 5. The van der Waals surface area contributed by atoms with Crippen LogP contribution in [0.2, 0.25) is 0 Å². The Hall–Kier alpha value is -1.78. The van der Waals surface area contributed by atoms with Crippen molar-refractivity contribution in [3.8, 4) is 10.4 Å². The molecule has 2 aliphatic rings. The summed E-state index contributed by atoms with van der Waals surface area (Å²) in [6.07, 6.45) is 3.51. The minimum Gasteiger partial charge on any atom is -0.379 e. The number of anilines is 2. The molecule has 2 aromatic heterocycles. The normalized spacial score (nSPS) is 19.6. The predicted octanol–water partition coefficient (Wildman–Crippen LogP) is 1.34. The van der Waals surface area contributed by atoms with Crippen LogP contribution in [0.5, 0.6) is 0 Å². The van der Waals surface area contributed by atoms with Gasteiger partial charge in [0.1, 0.15) is 5.72 Å². The molecule has 0 atom stereocenters. The third-order valence-corrected chi connectivity index (χ3v) is 5.92. The number of thiophene rings is 1. The number of nitrogens with two attached hydrogens (primary N) is 1. The van der Waals surface area contributed by atoms with Crippen molar-refractivity contribution in [1.82, 2.24) is 19.9 Å². The van der Waals surface area contributed by atoms with Gasteiger partial charge in [-0.05, 0) is 19.9 Å². The number of morpholine rings is 1. The van der Waals surface area contributed by atoms with Gasteiger partial charge < -0.3 is 15.6 Å². The summed E-state index contributed by atoms with van der Waals surface area (Å²) in [5.41, 5.74) is 6.85. The summed E-state index contributed by atoms with van der Waals surface area (Å²) in [5.74, 6) is 0.276. The van der Waals surface area contributed by atoms with E-state index in [0.717, 1.165) is 36.7 Å². The Kier molecular flexibility index (Phi) is 4.57. The first-order valence-corrected chi connectivity index (χ1v) is 9.51. The van der Waals surface area contributed by atoms with E-state index >= 15 is 0 Å². The van der Waals surface area contributed by atoms with E-state index in [-0.39, 0.29) is 5.95 Å². The lowest BCUT2D eigenvalue weighted by Gasteiger charge is -2.47. The molecule has 4 rings (SSSR count). The lowest BCUT2D eigenvalue weighted by atomic mass is 10.2. The maximum Gasteiger partial charge on any atom is 0.219 e. The number of ether oxygens (including phenoxy) is 1. The minimum absolute atomic E-state index is 0.276. The first-order valence-electron chi connectivity index (χ1n) is 8.70. The summed E-state index contributed by atoms with van der Waals surface area (Å²) in [7, 11) is 0. The van der Waals surface area contributed by atoms with Gasteiger partial charge in [-0.2, -0.15) is 0 Å². The van der Waals surface area contributed by atoms with E-state index in [2.05, 4.69) is 31.0 Å². The van der Waals surface area contributed by atoms with E-state index in [4.69, 9.17) is 10.5 Å². The average molecular weight is 376 g/mol. The van der Waals surface area contributed by atoms with Crippen LogP contribution in [0, 0.1) is 0 Å². The Labute approximate surface area is 156 Å². The molecule has 0 spiro atoms. The number of hydrogen-bond donors (Lipinski definition) is 2. The van der Waals surface area contributed by atoms with Crippen molar-refractivity contribution in [2.75, 3.05) is 43.7 Å². The average Bonchev–Trinajstić information content (AvgIpc) is 3.05. The Morgan fingerprint density at radius 1 is 1.23 bits per heavy atom. The third-order valence-electron chi connectivity index (χ3n) is 4.76. The molecular weight excluding hydrogens is 352 g/mol. The van der Waals surface area contributed by atoms with Gasteiger partial charge in [-0.15, -0.1) is 11.3 Å². The number of hydrazine groups is 1. The number of aromatic nitrogens is 2. The van der Waals surface area contributed by atoms with E-state index in [1.807, 2.05) is 13.8 Å². The molecule has 0 radical (unpaired) electrons. The van der Waals surface area contributed by atoms with E-state index in [0.29, 0.717) is 13.2 Å². The second-order valence-corrected chi connectivity index (χ2v) is 8.19. The summed E-state index contributed by atoms with van der Waals surface area (Å²) >= 11 is 1.71. The van der Waals surface area contributed by atoms with Crippen LogP contribution in [0.1, 0.15) is 18.7 Å². The van der Waals surface area contributed by atoms with Crippen molar-refractivity contribution >= 4 is 23.0 Å². The lowest BCUT2D eigenvalue weighted by molar-refractivity contribution is -0.0950. The molecule has 0 saturated carbocycles. The van der Waals surface area contributed by atoms with Crippen LogP contribution in [0.3, 0.4) is 0 Å². The summed E-state index contributed by atoms with van der Waals surface area (Å²) in [6.45, 7) is 8.14. The minimum atomic E-state index is -0.892. The highest BCUT2D eigenvalue weighted by molar-refractivity contribution is 7.16. The molecule has 3 N–H and O–H groups in total. The summed E-state index contributed by atoms with van der Waals surface area (Å²) < 4.78 is 5.50. The topological polar surface area (TPSA) is 91.0 Å². The van der Waals surface area contributed by atoms with E-state index in [9.17, 15) is 5.11 Å². The van der Waals surface area contributed by atoms with Gasteiger partial charge in [-0.25, -0.2) is 15.0 Å². The highest BCUT2D eigenvalue weighted by Gasteiger charge is 2.35. The van der Waals surface area contributed by atoms with Gasteiger partial charge in [-0.3, -0.25) is 9.91 Å². The molecule has 0 aliphatic carbocycles. The van der Waals surface area contributed by atoms with E-state index in [1.165, 1.54) is 10.6 Å². The third kappa shape index (κ3) is 3.40. The Balaban J connectivity index is 1.70. The molecule has 1 fully saturated rings. The van der Waals surface area contributed by atoms with E-state index < -0.39 is 5.72 Å². The maximum atomic E-state index is 10.6. The lowest BCUT2D eigenvalue weighted by Crippen LogP contribution is -2.58. The molecule has 0 aromatic carbocycles. The van der Waals surface area contributed by atoms with Crippen LogP contribution >= 0.6 is 11.3 Å². The molecule has 2 aromatic rings. The molecule has 0 bridgehead atoms. The number of aliphatic hydroxyl groups is 1. The van der Waals surface area contributed by atoms with Gasteiger partial charge in [-0.1, -0.05) is 0 Å². The zero-order valence-corrected chi connectivity index (χ0v) is 15.9. The Bertz CT molecular complexity index is 767. The molecule has 0 amide bonds. The molecule has 2 aliphatic heterocycles. The molecular formula is C17H24N6O2S. The van der Waals surface area contributed by atoms with E-state index in [1.54, 1.807) is 23.7 Å². The summed E-state index contributed by atoms with van der Waals surface area (Å²) in [4.78, 5) is 12.6. The van der Waals surface area contributed by atoms with Gasteiger partial charge in [0, 0.05) is 47.3 Å². The van der Waals surface area contributed by atoms with Gasteiger partial charge in [0.15, 0.2) is 0 Å². The first kappa shape index (κ1) is 17.6. The number of hydrogen-bond acceptors (Lipinski definition) is 9. The van der Waals surface area contributed by atoms with Crippen molar-refractivity contribution in [2.45, 2.75) is 26.1 Å². The quantitative estimate of drug-likeness (QED) is 0.829. The molecule has 1 saturated heterocycles. The predicted molar refractivity (Wildman–Crippen MR) is 101 cm³/mol. The number of fused-ring (bicyclic) bond motifs is 1. The number of rotatable bonds is 3. The molecule has 140 valence electrons. The van der Waals surface area contributed by atoms with Crippen LogP contribution in [0.15, 0.2) is 18.5 Å². The molecule has 26 heavy (non-hydrogen) atoms. The summed E-state index contributed by atoms with van der Waals surface area (Å²) in [6, 6.07) is 2.19. The fraction of sp³-hybridized carbons (Fsp3) is 0.529. The molecule has 9 heteroatoms. The molecule has 8 nitrogen and oxygen atoms in total. The van der Waals surface area contributed by atoms with Crippen molar-refractivity contribution in [2.24, 2.45) is 0 Å². The van der Waals surface area contributed by atoms with Crippen LogP contribution in [0.25, 0.3) is 10.4 Å². The Morgan fingerprint density at radius 2 is 1.92 bits per heavy atom. The van der Waals surface area contributed by atoms with Crippen LogP contribution in [-0.2, 0) is 11.3 Å². The van der Waals surface area contributed by atoms with Crippen molar-refractivity contribution in [3.63, 3.8) is 0 Å². The second kappa shape index (κ2) is 6.75. The smallest absolute Gasteiger partial charge is 0.219 e. The zero-order valence-electron chi connectivity index (χ0n) is 15.1. The van der Waals surface area contributed by atoms with Crippen LogP contribution < -0.4 is 10.7 Å². The first-order chi connectivity index (χ1) is 12.4. The zero-order chi connectivity index (χ0) is 18.3. The SMILES string of the molecule is CC(C)(O)N1Cc2sc(-c3cnc(N)nc3)cc2N(N2CCOCC2)C1. The largest absolute Gasteiger partial charge is 0.379 e. The summed E-state index contributed by atoms with van der Waals surface area (Å²) in [5, 5.41) is 15.1. The van der Waals surface area contributed by atoms with Crippen molar-refractivity contribution in [3.05, 3.63) is 23.3 Å². The van der Waals surface area contributed by atoms with Crippen molar-refractivity contribution < 1.29 is 9.84 Å². The number of nitrogen functional groups attached to an aromatic ring is 1. The molecule has 4 heterocycles. The monoisotopic (exact) mass is 376 g/mol. The molecule has 0 unspecified atom stereocenters. The van der Waals surface area contributed by atoms with Gasteiger partial charge in [0.25, 0.3) is 0 Å². The van der Waals surface area contributed by atoms with Crippen LogP contribution in [-0.4, -0.2) is 63.7 Å². The Morgan fingerprint density at radius 3 is 2.58 bits per heavy atom. The highest BCUT2D eigenvalue weighted by Crippen LogP contribution is 2.41. The maximum absolute atomic E-state index is 10.6. The van der Waals surface area contributed by atoms with Crippen LogP contribution in [0.4, 0.5) is 11.6 Å². The van der Waals surface area contributed by atoms with Crippen molar-refractivity contribution in [1.29, 1.82) is 0 Å².